The lowest BCUT2D eigenvalue weighted by atomic mass is 9.95. The van der Waals surface area contributed by atoms with Gasteiger partial charge in [-0.05, 0) is 59.4 Å². The fourth-order valence-corrected chi connectivity index (χ4v) is 2.71. The fraction of sp³-hybridized carbons (Fsp3) is 0.538. The van der Waals surface area contributed by atoms with Gasteiger partial charge in [-0.2, -0.15) is 0 Å². The Hall–Kier alpha value is -0.540. The van der Waals surface area contributed by atoms with Crippen molar-refractivity contribution in [2.24, 2.45) is 5.73 Å². The van der Waals surface area contributed by atoms with Crippen LogP contribution in [-0.2, 0) is 6.42 Å². The zero-order chi connectivity index (χ0) is 11.9. The lowest BCUT2D eigenvalue weighted by molar-refractivity contribution is 0.137. The van der Waals surface area contributed by atoms with E-state index in [0.29, 0.717) is 12.5 Å². The highest BCUT2D eigenvalue weighted by Crippen LogP contribution is 2.42. The average molecular weight is 284 g/mol. The molecule has 0 radical (unpaired) electrons. The number of hydrogen-bond acceptors (Lipinski definition) is 2. The van der Waals surface area contributed by atoms with Crippen LogP contribution >= 0.6 is 15.9 Å². The molecule has 3 heteroatoms. The van der Waals surface area contributed by atoms with Crippen LogP contribution in [0.15, 0.2) is 16.6 Å². The summed E-state index contributed by atoms with van der Waals surface area (Å²) in [6.07, 6.45) is 0.964. The van der Waals surface area contributed by atoms with E-state index in [4.69, 9.17) is 10.5 Å². The van der Waals surface area contributed by atoms with Crippen molar-refractivity contribution in [3.63, 3.8) is 0 Å². The van der Waals surface area contributed by atoms with Crippen LogP contribution in [0.4, 0.5) is 0 Å². The topological polar surface area (TPSA) is 35.2 Å². The van der Waals surface area contributed by atoms with E-state index < -0.39 is 0 Å². The second-order valence-corrected chi connectivity index (χ2v) is 6.02. The van der Waals surface area contributed by atoms with Gasteiger partial charge in [0.2, 0.25) is 0 Å². The summed E-state index contributed by atoms with van der Waals surface area (Å²) in [6, 6.07) is 4.35. The summed E-state index contributed by atoms with van der Waals surface area (Å²) in [6.45, 7) is 7.06. The van der Waals surface area contributed by atoms with Crippen LogP contribution in [0.2, 0.25) is 0 Å². The second-order valence-electron chi connectivity index (χ2n) is 5.17. The molecule has 0 aromatic heterocycles. The van der Waals surface area contributed by atoms with Gasteiger partial charge in [0.25, 0.3) is 0 Å². The minimum atomic E-state index is -0.0879. The third-order valence-electron chi connectivity index (χ3n) is 3.06. The maximum atomic E-state index is 5.92. The highest BCUT2D eigenvalue weighted by molar-refractivity contribution is 9.10. The van der Waals surface area contributed by atoms with Gasteiger partial charge in [0.05, 0.1) is 4.47 Å². The molecule has 0 bridgehead atoms. The molecule has 1 aromatic carbocycles. The molecule has 0 saturated carbocycles. The Bertz CT molecular complexity index is 415. The first-order chi connectivity index (χ1) is 7.43. The van der Waals surface area contributed by atoms with E-state index in [1.165, 1.54) is 11.1 Å². The van der Waals surface area contributed by atoms with Crippen LogP contribution in [0.3, 0.4) is 0 Å². The van der Waals surface area contributed by atoms with Crippen molar-refractivity contribution in [1.29, 1.82) is 0 Å². The van der Waals surface area contributed by atoms with E-state index >= 15 is 0 Å². The van der Waals surface area contributed by atoms with Gasteiger partial charge in [-0.1, -0.05) is 13.0 Å². The maximum Gasteiger partial charge on any atom is 0.137 e. The summed E-state index contributed by atoms with van der Waals surface area (Å²) >= 11 is 3.58. The predicted octanol–water partition coefficient (Wildman–Crippen LogP) is 3.22. The van der Waals surface area contributed by atoms with Crippen LogP contribution < -0.4 is 10.5 Å². The van der Waals surface area contributed by atoms with E-state index in [9.17, 15) is 0 Å². The van der Waals surface area contributed by atoms with Gasteiger partial charge in [0.1, 0.15) is 11.4 Å². The molecule has 0 amide bonds. The Morgan fingerprint density at radius 2 is 2.19 bits per heavy atom. The van der Waals surface area contributed by atoms with Gasteiger partial charge in [-0.15, -0.1) is 0 Å². The summed E-state index contributed by atoms with van der Waals surface area (Å²) in [5.74, 6) is 1.39. The average Bonchev–Trinajstić information content (AvgIpc) is 2.52. The van der Waals surface area contributed by atoms with Crippen LogP contribution in [0, 0.1) is 0 Å². The van der Waals surface area contributed by atoms with Gasteiger partial charge in [0, 0.05) is 6.42 Å². The maximum absolute atomic E-state index is 5.92. The number of fused-ring (bicyclic) bond motifs is 1. The van der Waals surface area contributed by atoms with Crippen molar-refractivity contribution in [2.75, 3.05) is 6.54 Å². The van der Waals surface area contributed by atoms with Crippen LogP contribution in [0.25, 0.3) is 0 Å². The molecule has 1 atom stereocenters. The monoisotopic (exact) mass is 283 g/mol. The molecule has 0 fully saturated rings. The molecular formula is C13H18BrNO. The van der Waals surface area contributed by atoms with Crippen molar-refractivity contribution < 1.29 is 4.74 Å². The molecule has 2 nitrogen and oxygen atoms in total. The second kappa shape index (κ2) is 4.04. The molecule has 2 rings (SSSR count). The summed E-state index contributed by atoms with van der Waals surface area (Å²) in [5.41, 5.74) is 8.19. The number of benzene rings is 1. The van der Waals surface area contributed by atoms with Gasteiger partial charge < -0.3 is 10.5 Å². The van der Waals surface area contributed by atoms with Gasteiger partial charge in [0.15, 0.2) is 0 Å². The zero-order valence-corrected chi connectivity index (χ0v) is 11.6. The van der Waals surface area contributed by atoms with E-state index in [-0.39, 0.29) is 5.60 Å². The van der Waals surface area contributed by atoms with Gasteiger partial charge in [-0.25, -0.2) is 0 Å². The van der Waals surface area contributed by atoms with E-state index in [2.05, 4.69) is 48.8 Å². The van der Waals surface area contributed by atoms with E-state index in [1.807, 2.05) is 0 Å². The molecule has 1 aromatic rings. The molecular weight excluding hydrogens is 266 g/mol. The predicted molar refractivity (Wildman–Crippen MR) is 70.0 cm³/mol. The van der Waals surface area contributed by atoms with Crippen molar-refractivity contribution in [3.05, 3.63) is 27.7 Å². The SMILES string of the molecule is CC(CN)c1cc(Br)c2c(c1)CC(C)(C)O2. The molecule has 1 unspecified atom stereocenters. The van der Waals surface area contributed by atoms with Gasteiger partial charge >= 0.3 is 0 Å². The molecule has 16 heavy (non-hydrogen) atoms. The van der Waals surface area contributed by atoms with Crippen LogP contribution in [-0.4, -0.2) is 12.1 Å². The molecule has 1 aliphatic rings. The molecule has 0 saturated heterocycles. The third-order valence-corrected chi connectivity index (χ3v) is 3.65. The number of rotatable bonds is 2. The number of hydrogen-bond donors (Lipinski definition) is 1. The molecule has 1 aliphatic heterocycles. The Morgan fingerprint density at radius 3 is 2.81 bits per heavy atom. The third kappa shape index (κ3) is 2.11. The lowest BCUT2D eigenvalue weighted by Gasteiger charge is -2.17. The fourth-order valence-electron chi connectivity index (χ4n) is 2.11. The van der Waals surface area contributed by atoms with Crippen molar-refractivity contribution in [1.82, 2.24) is 0 Å². The molecule has 2 N–H and O–H groups in total. The van der Waals surface area contributed by atoms with Crippen molar-refractivity contribution in [3.8, 4) is 5.75 Å². The summed E-state index contributed by atoms with van der Waals surface area (Å²) in [5, 5.41) is 0. The smallest absolute Gasteiger partial charge is 0.137 e. The van der Waals surface area contributed by atoms with Crippen LogP contribution in [0.5, 0.6) is 5.75 Å². The number of ether oxygens (including phenoxy) is 1. The highest BCUT2D eigenvalue weighted by Gasteiger charge is 2.32. The Morgan fingerprint density at radius 1 is 1.50 bits per heavy atom. The Balaban J connectivity index is 2.42. The largest absolute Gasteiger partial charge is 0.486 e. The molecule has 0 aliphatic carbocycles. The first kappa shape index (κ1) is 11.9. The lowest BCUT2D eigenvalue weighted by Crippen LogP contribution is -2.24. The molecule has 0 spiro atoms. The minimum Gasteiger partial charge on any atom is -0.486 e. The zero-order valence-electron chi connectivity index (χ0n) is 10.0. The number of halogens is 1. The molecule has 1 heterocycles. The summed E-state index contributed by atoms with van der Waals surface area (Å²) in [4.78, 5) is 0. The van der Waals surface area contributed by atoms with Gasteiger partial charge in [-0.3, -0.25) is 0 Å². The Kier molecular flexibility index (Phi) is 3.01. The summed E-state index contributed by atoms with van der Waals surface area (Å²) in [7, 11) is 0. The standard InChI is InChI=1S/C13H18BrNO/c1-8(7-15)9-4-10-6-13(2,3)16-12(10)11(14)5-9/h4-5,8H,6-7,15H2,1-3H3. The summed E-state index contributed by atoms with van der Waals surface area (Å²) < 4.78 is 6.96. The minimum absolute atomic E-state index is 0.0879. The van der Waals surface area contributed by atoms with Crippen molar-refractivity contribution in [2.45, 2.75) is 38.7 Å². The molecule has 88 valence electrons. The van der Waals surface area contributed by atoms with Crippen LogP contribution in [0.1, 0.15) is 37.8 Å². The first-order valence-corrected chi connectivity index (χ1v) is 6.43. The number of nitrogens with two attached hydrogens (primary N) is 1. The highest BCUT2D eigenvalue weighted by atomic mass is 79.9. The quantitative estimate of drug-likeness (QED) is 0.905. The Labute approximate surface area is 105 Å². The first-order valence-electron chi connectivity index (χ1n) is 5.64. The van der Waals surface area contributed by atoms with E-state index in [1.54, 1.807) is 0 Å². The normalized spacial score (nSPS) is 19.1. The van der Waals surface area contributed by atoms with Crippen molar-refractivity contribution >= 4 is 15.9 Å². The van der Waals surface area contributed by atoms with E-state index in [0.717, 1.165) is 16.6 Å².